The Morgan fingerprint density at radius 2 is 2.27 bits per heavy atom. The third-order valence-corrected chi connectivity index (χ3v) is 2.59. The number of nitrogens with one attached hydrogen (secondary N) is 1. The van der Waals surface area contributed by atoms with Gasteiger partial charge in [0.05, 0.1) is 5.69 Å². The van der Waals surface area contributed by atoms with E-state index >= 15 is 0 Å². The molecule has 15 heavy (non-hydrogen) atoms. The molecule has 3 N–H and O–H groups in total. The molecule has 0 atom stereocenters. The molecule has 0 saturated heterocycles. The van der Waals surface area contributed by atoms with Crippen molar-refractivity contribution >= 4 is 22.9 Å². The Labute approximate surface area is 96.1 Å². The van der Waals surface area contributed by atoms with Crippen molar-refractivity contribution in [2.45, 2.75) is 32.7 Å². The SMILES string of the molecule is CCC(C)(C)Nc1ccnc(C(N)=S)c1. The molecule has 0 aliphatic heterocycles. The number of thiocarbonyl (C=S) groups is 1. The van der Waals surface area contributed by atoms with Crippen LogP contribution in [0.3, 0.4) is 0 Å². The topological polar surface area (TPSA) is 50.9 Å². The molecule has 0 bridgehead atoms. The van der Waals surface area contributed by atoms with E-state index in [4.69, 9.17) is 18.0 Å². The molecule has 1 heterocycles. The summed E-state index contributed by atoms with van der Waals surface area (Å²) in [6.45, 7) is 6.43. The van der Waals surface area contributed by atoms with Crippen molar-refractivity contribution in [3.63, 3.8) is 0 Å². The van der Waals surface area contributed by atoms with E-state index in [-0.39, 0.29) is 5.54 Å². The molecule has 1 rings (SSSR count). The first kappa shape index (κ1) is 11.9. The molecule has 4 heteroatoms. The van der Waals surface area contributed by atoms with Gasteiger partial charge in [0.25, 0.3) is 0 Å². The maximum Gasteiger partial charge on any atom is 0.122 e. The van der Waals surface area contributed by atoms with Gasteiger partial charge in [-0.05, 0) is 32.4 Å². The fraction of sp³-hybridized carbons (Fsp3) is 0.455. The first-order chi connectivity index (χ1) is 6.94. The summed E-state index contributed by atoms with van der Waals surface area (Å²) in [5.41, 5.74) is 7.24. The van der Waals surface area contributed by atoms with E-state index in [1.54, 1.807) is 6.20 Å². The second-order valence-electron chi connectivity index (χ2n) is 4.16. The summed E-state index contributed by atoms with van der Waals surface area (Å²) in [5, 5.41) is 3.41. The van der Waals surface area contributed by atoms with Gasteiger partial charge in [-0.25, -0.2) is 0 Å². The standard InChI is InChI=1S/C11H17N3S/c1-4-11(2,3)14-8-5-6-13-9(7-8)10(12)15/h5-7H,4H2,1-3H3,(H2,12,15)(H,13,14). The second-order valence-corrected chi connectivity index (χ2v) is 4.60. The quantitative estimate of drug-likeness (QED) is 0.769. The molecule has 0 radical (unpaired) electrons. The third kappa shape index (κ3) is 3.47. The van der Waals surface area contributed by atoms with Gasteiger partial charge in [0.1, 0.15) is 4.99 Å². The van der Waals surface area contributed by atoms with Crippen LogP contribution in [0.5, 0.6) is 0 Å². The monoisotopic (exact) mass is 223 g/mol. The zero-order valence-electron chi connectivity index (χ0n) is 9.37. The van der Waals surface area contributed by atoms with Crippen LogP contribution in [0.15, 0.2) is 18.3 Å². The van der Waals surface area contributed by atoms with Crippen LogP contribution in [0.1, 0.15) is 32.9 Å². The lowest BCUT2D eigenvalue weighted by Gasteiger charge is -2.26. The zero-order valence-corrected chi connectivity index (χ0v) is 10.2. The lowest BCUT2D eigenvalue weighted by molar-refractivity contribution is 0.547. The third-order valence-electron chi connectivity index (χ3n) is 2.38. The number of hydrogen-bond donors (Lipinski definition) is 2. The molecular weight excluding hydrogens is 206 g/mol. The minimum absolute atomic E-state index is 0.0643. The summed E-state index contributed by atoms with van der Waals surface area (Å²) in [6, 6.07) is 3.79. The summed E-state index contributed by atoms with van der Waals surface area (Å²) >= 11 is 4.88. The Morgan fingerprint density at radius 3 is 2.80 bits per heavy atom. The van der Waals surface area contributed by atoms with E-state index < -0.39 is 0 Å². The number of nitrogens with two attached hydrogens (primary N) is 1. The van der Waals surface area contributed by atoms with Gasteiger partial charge in [-0.1, -0.05) is 19.1 Å². The summed E-state index contributed by atoms with van der Waals surface area (Å²) in [4.78, 5) is 4.42. The van der Waals surface area contributed by atoms with Gasteiger partial charge < -0.3 is 11.1 Å². The molecule has 0 aliphatic rings. The highest BCUT2D eigenvalue weighted by Gasteiger charge is 2.14. The van der Waals surface area contributed by atoms with Crippen molar-refractivity contribution < 1.29 is 0 Å². The Morgan fingerprint density at radius 1 is 1.60 bits per heavy atom. The van der Waals surface area contributed by atoms with Crippen LogP contribution in [0, 0.1) is 0 Å². The molecule has 0 fully saturated rings. The molecule has 82 valence electrons. The van der Waals surface area contributed by atoms with E-state index in [2.05, 4.69) is 31.1 Å². The van der Waals surface area contributed by atoms with Crippen LogP contribution in [-0.4, -0.2) is 15.5 Å². The largest absolute Gasteiger partial charge is 0.388 e. The maximum absolute atomic E-state index is 5.52. The molecule has 0 aromatic carbocycles. The van der Waals surface area contributed by atoms with E-state index in [9.17, 15) is 0 Å². The number of rotatable bonds is 4. The normalized spacial score (nSPS) is 11.1. The first-order valence-corrected chi connectivity index (χ1v) is 5.39. The van der Waals surface area contributed by atoms with E-state index in [1.807, 2.05) is 12.1 Å². The predicted octanol–water partition coefficient (Wildman–Crippen LogP) is 2.32. The van der Waals surface area contributed by atoms with Crippen LogP contribution in [-0.2, 0) is 0 Å². The van der Waals surface area contributed by atoms with Crippen molar-refractivity contribution in [2.75, 3.05) is 5.32 Å². The summed E-state index contributed by atoms with van der Waals surface area (Å²) in [6.07, 6.45) is 2.75. The predicted molar refractivity (Wildman–Crippen MR) is 68.1 cm³/mol. The van der Waals surface area contributed by atoms with Crippen molar-refractivity contribution in [1.29, 1.82) is 0 Å². The van der Waals surface area contributed by atoms with Gasteiger partial charge >= 0.3 is 0 Å². The number of nitrogens with zero attached hydrogens (tertiary/aromatic N) is 1. The zero-order chi connectivity index (χ0) is 11.5. The fourth-order valence-electron chi connectivity index (χ4n) is 1.12. The molecule has 0 aliphatic carbocycles. The lowest BCUT2D eigenvalue weighted by atomic mass is 10.0. The average Bonchev–Trinajstić information content (AvgIpc) is 2.17. The smallest absolute Gasteiger partial charge is 0.122 e. The highest BCUT2D eigenvalue weighted by Crippen LogP contribution is 2.17. The minimum atomic E-state index is 0.0643. The number of anilines is 1. The Kier molecular flexibility index (Phi) is 3.63. The first-order valence-electron chi connectivity index (χ1n) is 4.98. The Hall–Kier alpha value is -1.16. The van der Waals surface area contributed by atoms with Crippen LogP contribution >= 0.6 is 12.2 Å². The number of pyridine rings is 1. The summed E-state index contributed by atoms with van der Waals surface area (Å²) in [5.74, 6) is 0. The molecule has 1 aromatic heterocycles. The maximum atomic E-state index is 5.52. The molecule has 0 saturated carbocycles. The van der Waals surface area contributed by atoms with E-state index in [0.717, 1.165) is 12.1 Å². The molecule has 3 nitrogen and oxygen atoms in total. The molecule has 0 spiro atoms. The van der Waals surface area contributed by atoms with Crippen molar-refractivity contribution in [3.8, 4) is 0 Å². The molecular formula is C11H17N3S. The van der Waals surface area contributed by atoms with Crippen LogP contribution in [0.25, 0.3) is 0 Å². The fourth-order valence-corrected chi connectivity index (χ4v) is 1.23. The molecule has 0 amide bonds. The van der Waals surface area contributed by atoms with Gasteiger partial charge in [0.2, 0.25) is 0 Å². The van der Waals surface area contributed by atoms with Gasteiger partial charge in [-0.15, -0.1) is 0 Å². The lowest BCUT2D eigenvalue weighted by Crippen LogP contribution is -2.29. The Bertz CT molecular complexity index is 361. The van der Waals surface area contributed by atoms with Crippen LogP contribution in [0.2, 0.25) is 0 Å². The highest BCUT2D eigenvalue weighted by molar-refractivity contribution is 7.80. The summed E-state index contributed by atoms with van der Waals surface area (Å²) in [7, 11) is 0. The van der Waals surface area contributed by atoms with Gasteiger partial charge in [-0.3, -0.25) is 4.98 Å². The van der Waals surface area contributed by atoms with Gasteiger partial charge in [-0.2, -0.15) is 0 Å². The molecule has 0 unspecified atom stereocenters. The van der Waals surface area contributed by atoms with E-state index in [0.29, 0.717) is 10.7 Å². The van der Waals surface area contributed by atoms with Gasteiger partial charge in [0.15, 0.2) is 0 Å². The minimum Gasteiger partial charge on any atom is -0.388 e. The van der Waals surface area contributed by atoms with Crippen molar-refractivity contribution in [3.05, 3.63) is 24.0 Å². The van der Waals surface area contributed by atoms with Crippen molar-refractivity contribution in [1.82, 2.24) is 4.98 Å². The van der Waals surface area contributed by atoms with Crippen molar-refractivity contribution in [2.24, 2.45) is 5.73 Å². The summed E-state index contributed by atoms with van der Waals surface area (Å²) < 4.78 is 0. The van der Waals surface area contributed by atoms with E-state index in [1.165, 1.54) is 0 Å². The second kappa shape index (κ2) is 4.57. The Balaban J connectivity index is 2.87. The molecule has 1 aromatic rings. The number of hydrogen-bond acceptors (Lipinski definition) is 3. The highest BCUT2D eigenvalue weighted by atomic mass is 32.1. The van der Waals surface area contributed by atoms with Gasteiger partial charge in [0, 0.05) is 17.4 Å². The van der Waals surface area contributed by atoms with Crippen LogP contribution < -0.4 is 11.1 Å². The average molecular weight is 223 g/mol. The number of aromatic nitrogens is 1. The van der Waals surface area contributed by atoms with Crippen LogP contribution in [0.4, 0.5) is 5.69 Å².